The monoisotopic (exact) mass is 385 g/mol. The second-order valence-corrected chi connectivity index (χ2v) is 7.40. The highest BCUT2D eigenvalue weighted by Gasteiger charge is 2.26. The van der Waals surface area contributed by atoms with Crippen LogP contribution >= 0.6 is 11.6 Å². The van der Waals surface area contributed by atoms with Crippen LogP contribution in [0.5, 0.6) is 0 Å². The molecule has 4 heterocycles. The van der Waals surface area contributed by atoms with Crippen LogP contribution in [0.3, 0.4) is 0 Å². The Morgan fingerprint density at radius 2 is 2.00 bits per heavy atom. The van der Waals surface area contributed by atoms with Gasteiger partial charge in [-0.05, 0) is 44.2 Å². The summed E-state index contributed by atoms with van der Waals surface area (Å²) in [5.74, 6) is -0.219. The van der Waals surface area contributed by atoms with E-state index < -0.39 is 0 Å². The zero-order valence-corrected chi connectivity index (χ0v) is 15.9. The average molecular weight is 386 g/mol. The second kappa shape index (κ2) is 6.74. The third-order valence-corrected chi connectivity index (χ3v) is 4.82. The molecule has 27 heavy (non-hydrogen) atoms. The molecule has 0 radical (unpaired) electrons. The molecule has 0 saturated heterocycles. The first-order chi connectivity index (χ1) is 12.9. The highest BCUT2D eigenvalue weighted by Crippen LogP contribution is 2.20. The van der Waals surface area contributed by atoms with Crippen LogP contribution in [0, 0.1) is 0 Å². The smallest absolute Gasteiger partial charge is 0.274 e. The number of nitrogens with zero attached hydrogens (tertiary/aromatic N) is 4. The van der Waals surface area contributed by atoms with Crippen LogP contribution in [0.2, 0.25) is 5.02 Å². The van der Waals surface area contributed by atoms with Crippen LogP contribution in [0.1, 0.15) is 40.5 Å². The molecule has 4 rings (SSSR count). The van der Waals surface area contributed by atoms with Gasteiger partial charge in [0.05, 0.1) is 17.1 Å². The third kappa shape index (κ3) is 3.30. The maximum absolute atomic E-state index is 12.9. The Morgan fingerprint density at radius 1 is 1.19 bits per heavy atom. The van der Waals surface area contributed by atoms with Crippen molar-refractivity contribution in [3.63, 3.8) is 0 Å². The lowest BCUT2D eigenvalue weighted by Gasteiger charge is -2.29. The molecule has 0 saturated carbocycles. The molecule has 3 aromatic rings. The van der Waals surface area contributed by atoms with Crippen LogP contribution in [0.4, 0.5) is 0 Å². The topological polar surface area (TPSA) is 71.6 Å². The SMILES string of the molecule is CC(C)NC(=O)c1ccc2n1CCN(C(=O)c1cc3ccc(Cl)cn3n1)C2. The largest absolute Gasteiger partial charge is 0.349 e. The normalized spacial score (nSPS) is 13.9. The lowest BCUT2D eigenvalue weighted by atomic mass is 10.2. The van der Waals surface area contributed by atoms with Crippen molar-refractivity contribution in [3.8, 4) is 0 Å². The lowest BCUT2D eigenvalue weighted by molar-refractivity contribution is 0.0703. The summed E-state index contributed by atoms with van der Waals surface area (Å²) >= 11 is 5.98. The summed E-state index contributed by atoms with van der Waals surface area (Å²) in [6, 6.07) is 9.14. The number of pyridine rings is 1. The average Bonchev–Trinajstić information content (AvgIpc) is 3.23. The zero-order chi connectivity index (χ0) is 19.1. The first kappa shape index (κ1) is 17.6. The van der Waals surface area contributed by atoms with Gasteiger partial charge in [-0.2, -0.15) is 5.10 Å². The predicted octanol–water partition coefficient (Wildman–Crippen LogP) is 2.58. The molecule has 8 heteroatoms. The van der Waals surface area contributed by atoms with E-state index in [1.54, 1.807) is 27.7 Å². The molecule has 7 nitrogen and oxygen atoms in total. The molecule has 0 spiro atoms. The molecule has 2 amide bonds. The summed E-state index contributed by atoms with van der Waals surface area (Å²) in [5.41, 5.74) is 2.77. The molecule has 0 aliphatic carbocycles. The van der Waals surface area contributed by atoms with E-state index in [0.717, 1.165) is 11.2 Å². The van der Waals surface area contributed by atoms with Crippen LogP contribution in [0.25, 0.3) is 5.52 Å². The van der Waals surface area contributed by atoms with Gasteiger partial charge >= 0.3 is 0 Å². The fourth-order valence-electron chi connectivity index (χ4n) is 3.34. The van der Waals surface area contributed by atoms with Crippen molar-refractivity contribution in [2.45, 2.75) is 33.0 Å². The zero-order valence-electron chi connectivity index (χ0n) is 15.1. The molecular weight excluding hydrogens is 366 g/mol. The molecule has 140 valence electrons. The fourth-order valence-corrected chi connectivity index (χ4v) is 3.50. The quantitative estimate of drug-likeness (QED) is 0.753. The van der Waals surface area contributed by atoms with Crippen molar-refractivity contribution in [3.05, 3.63) is 58.6 Å². The Bertz CT molecular complexity index is 1040. The molecule has 1 aliphatic rings. The fraction of sp³-hybridized carbons (Fsp3) is 0.316. The van der Waals surface area contributed by atoms with E-state index in [1.165, 1.54) is 0 Å². The van der Waals surface area contributed by atoms with E-state index in [2.05, 4.69) is 10.4 Å². The first-order valence-corrected chi connectivity index (χ1v) is 9.23. The van der Waals surface area contributed by atoms with E-state index in [9.17, 15) is 9.59 Å². The molecular formula is C19H20ClN5O2. The summed E-state index contributed by atoms with van der Waals surface area (Å²) in [7, 11) is 0. The molecule has 1 aliphatic heterocycles. The van der Waals surface area contributed by atoms with Gasteiger partial charge in [0.1, 0.15) is 5.69 Å². The molecule has 0 atom stereocenters. The van der Waals surface area contributed by atoms with Crippen LogP contribution in [-0.4, -0.2) is 43.5 Å². The number of carbonyl (C=O) groups is 2. The van der Waals surface area contributed by atoms with E-state index in [-0.39, 0.29) is 17.9 Å². The highest BCUT2D eigenvalue weighted by molar-refractivity contribution is 6.30. The number of nitrogens with one attached hydrogen (secondary N) is 1. The van der Waals surface area contributed by atoms with Gasteiger partial charge in [0.15, 0.2) is 5.69 Å². The molecule has 1 N–H and O–H groups in total. The summed E-state index contributed by atoms with van der Waals surface area (Å²) < 4.78 is 3.58. The number of hydrogen-bond donors (Lipinski definition) is 1. The van der Waals surface area contributed by atoms with E-state index >= 15 is 0 Å². The summed E-state index contributed by atoms with van der Waals surface area (Å²) in [5, 5.41) is 7.81. The molecule has 0 unspecified atom stereocenters. The van der Waals surface area contributed by atoms with Crippen molar-refractivity contribution in [1.82, 2.24) is 24.4 Å². The van der Waals surface area contributed by atoms with E-state index in [4.69, 9.17) is 11.6 Å². The molecule has 3 aromatic heterocycles. The third-order valence-electron chi connectivity index (χ3n) is 4.60. The van der Waals surface area contributed by atoms with Crippen molar-refractivity contribution in [2.75, 3.05) is 6.54 Å². The van der Waals surface area contributed by atoms with Crippen molar-refractivity contribution in [1.29, 1.82) is 0 Å². The second-order valence-electron chi connectivity index (χ2n) is 6.96. The Balaban J connectivity index is 1.54. The Kier molecular flexibility index (Phi) is 4.39. The minimum atomic E-state index is -0.129. The minimum Gasteiger partial charge on any atom is -0.349 e. The Labute approximate surface area is 161 Å². The van der Waals surface area contributed by atoms with Gasteiger partial charge < -0.3 is 14.8 Å². The number of aromatic nitrogens is 3. The standard InChI is InChI=1S/C19H20ClN5O2/c1-12(2)21-18(26)17-6-5-15-11-23(7-8-24(15)17)19(27)16-9-14-4-3-13(20)10-25(14)22-16/h3-6,9-10,12H,7-8,11H2,1-2H3,(H,21,26). The summed E-state index contributed by atoms with van der Waals surface area (Å²) in [6.45, 7) is 5.41. The predicted molar refractivity (Wildman–Crippen MR) is 102 cm³/mol. The highest BCUT2D eigenvalue weighted by atomic mass is 35.5. The number of halogens is 1. The number of rotatable bonds is 3. The minimum absolute atomic E-state index is 0.0777. The lowest BCUT2D eigenvalue weighted by Crippen LogP contribution is -2.40. The molecule has 0 aromatic carbocycles. The van der Waals surface area contributed by atoms with Gasteiger partial charge in [0.2, 0.25) is 0 Å². The van der Waals surface area contributed by atoms with Crippen LogP contribution < -0.4 is 5.32 Å². The Morgan fingerprint density at radius 3 is 2.78 bits per heavy atom. The van der Waals surface area contributed by atoms with Crippen molar-refractivity contribution < 1.29 is 9.59 Å². The number of hydrogen-bond acceptors (Lipinski definition) is 3. The number of amides is 2. The number of fused-ring (bicyclic) bond motifs is 2. The summed E-state index contributed by atoms with van der Waals surface area (Å²) in [4.78, 5) is 26.9. The van der Waals surface area contributed by atoms with Gasteiger partial charge in [-0.1, -0.05) is 11.6 Å². The van der Waals surface area contributed by atoms with Crippen molar-refractivity contribution >= 4 is 28.9 Å². The maximum atomic E-state index is 12.9. The maximum Gasteiger partial charge on any atom is 0.274 e. The molecule has 0 bridgehead atoms. The first-order valence-electron chi connectivity index (χ1n) is 8.86. The van der Waals surface area contributed by atoms with Gasteiger partial charge in [0, 0.05) is 31.0 Å². The van der Waals surface area contributed by atoms with Crippen LogP contribution in [0.15, 0.2) is 36.5 Å². The molecule has 0 fully saturated rings. The van der Waals surface area contributed by atoms with E-state index in [1.807, 2.05) is 36.6 Å². The van der Waals surface area contributed by atoms with Crippen molar-refractivity contribution in [2.24, 2.45) is 0 Å². The van der Waals surface area contributed by atoms with Gasteiger partial charge in [-0.3, -0.25) is 9.59 Å². The van der Waals surface area contributed by atoms with Gasteiger partial charge in [-0.25, -0.2) is 4.52 Å². The number of carbonyl (C=O) groups excluding carboxylic acids is 2. The Hall–Kier alpha value is -2.80. The van der Waals surface area contributed by atoms with Gasteiger partial charge in [0.25, 0.3) is 11.8 Å². The van der Waals surface area contributed by atoms with Gasteiger partial charge in [-0.15, -0.1) is 0 Å². The van der Waals surface area contributed by atoms with E-state index in [0.29, 0.717) is 36.0 Å². The summed E-state index contributed by atoms with van der Waals surface area (Å²) in [6.07, 6.45) is 1.68. The van der Waals surface area contributed by atoms with Crippen LogP contribution in [-0.2, 0) is 13.1 Å².